The first kappa shape index (κ1) is 13.9. The fraction of sp³-hybridized carbons (Fsp3) is 0.308. The Morgan fingerprint density at radius 2 is 1.65 bits per heavy atom. The van der Waals surface area contributed by atoms with Crippen LogP contribution in [0.2, 0.25) is 0 Å². The topological polar surface area (TPSA) is 92.4 Å². The molecule has 0 aliphatic heterocycles. The molecule has 1 heterocycles. The zero-order valence-electron chi connectivity index (χ0n) is 11.4. The molecular weight excluding hydrogens is 260 g/mol. The van der Waals surface area contributed by atoms with Crippen molar-refractivity contribution >= 4 is 5.95 Å². The highest BCUT2D eigenvalue weighted by Gasteiger charge is 2.07. The van der Waals surface area contributed by atoms with E-state index >= 15 is 0 Å². The van der Waals surface area contributed by atoms with Gasteiger partial charge in [-0.25, -0.2) is 0 Å². The van der Waals surface area contributed by atoms with E-state index in [1.807, 2.05) is 6.92 Å². The molecule has 106 valence electrons. The fourth-order valence-electron chi connectivity index (χ4n) is 1.41. The zero-order chi connectivity index (χ0) is 14.4. The van der Waals surface area contributed by atoms with E-state index in [0.29, 0.717) is 12.4 Å². The van der Waals surface area contributed by atoms with Crippen LogP contribution in [0.3, 0.4) is 0 Å². The second-order valence-corrected chi connectivity index (χ2v) is 3.88. The van der Waals surface area contributed by atoms with Crippen molar-refractivity contribution < 1.29 is 14.2 Å². The molecule has 0 radical (unpaired) electrons. The second-order valence-electron chi connectivity index (χ2n) is 3.88. The number of anilines is 1. The van der Waals surface area contributed by atoms with E-state index in [2.05, 4.69) is 15.0 Å². The maximum absolute atomic E-state index is 5.59. The van der Waals surface area contributed by atoms with E-state index < -0.39 is 0 Å². The van der Waals surface area contributed by atoms with Crippen molar-refractivity contribution in [3.8, 4) is 23.5 Å². The second kappa shape index (κ2) is 6.55. The molecule has 0 unspecified atom stereocenters. The Morgan fingerprint density at radius 3 is 2.30 bits per heavy atom. The van der Waals surface area contributed by atoms with Crippen molar-refractivity contribution in [3.63, 3.8) is 0 Å². The third-order valence-electron chi connectivity index (χ3n) is 2.32. The van der Waals surface area contributed by atoms with E-state index in [0.717, 1.165) is 12.2 Å². The van der Waals surface area contributed by atoms with Crippen LogP contribution in [-0.2, 0) is 0 Å². The smallest absolute Gasteiger partial charge is 0.330 e. The molecule has 0 aliphatic carbocycles. The minimum atomic E-state index is 0.0506. The summed E-state index contributed by atoms with van der Waals surface area (Å²) in [7, 11) is 1.60. The summed E-state index contributed by atoms with van der Waals surface area (Å²) in [4.78, 5) is 11.8. The van der Waals surface area contributed by atoms with Gasteiger partial charge < -0.3 is 19.9 Å². The summed E-state index contributed by atoms with van der Waals surface area (Å²) in [6.07, 6.45) is 0.847. The number of aromatic nitrogens is 3. The van der Waals surface area contributed by atoms with Gasteiger partial charge in [-0.05, 0) is 30.7 Å². The first-order valence-corrected chi connectivity index (χ1v) is 6.17. The average Bonchev–Trinajstić information content (AvgIpc) is 2.45. The number of nitrogen functional groups attached to an aromatic ring is 1. The Balaban J connectivity index is 2.12. The molecule has 1 aromatic carbocycles. The molecule has 2 rings (SSSR count). The summed E-state index contributed by atoms with van der Waals surface area (Å²) in [5.74, 6) is 1.35. The van der Waals surface area contributed by atoms with Gasteiger partial charge in [-0.1, -0.05) is 6.92 Å². The Bertz CT molecular complexity index is 560. The SMILES string of the molecule is CCCOc1nc(N)nc(Oc2ccc(OC)cc2)n1. The fourth-order valence-corrected chi connectivity index (χ4v) is 1.41. The van der Waals surface area contributed by atoms with Crippen molar-refractivity contribution in [1.82, 2.24) is 15.0 Å². The molecular formula is C13H16N4O3. The third-order valence-corrected chi connectivity index (χ3v) is 2.32. The summed E-state index contributed by atoms with van der Waals surface area (Å²) in [6, 6.07) is 7.27. The van der Waals surface area contributed by atoms with Crippen molar-refractivity contribution in [2.75, 3.05) is 19.5 Å². The van der Waals surface area contributed by atoms with E-state index in [1.165, 1.54) is 0 Å². The van der Waals surface area contributed by atoms with Crippen LogP contribution < -0.4 is 19.9 Å². The van der Waals surface area contributed by atoms with Gasteiger partial charge in [0.25, 0.3) is 0 Å². The minimum Gasteiger partial charge on any atom is -0.497 e. The van der Waals surface area contributed by atoms with Crippen LogP contribution in [0, 0.1) is 0 Å². The number of nitrogens with two attached hydrogens (primary N) is 1. The molecule has 0 aliphatic rings. The number of hydrogen-bond acceptors (Lipinski definition) is 7. The number of hydrogen-bond donors (Lipinski definition) is 1. The molecule has 20 heavy (non-hydrogen) atoms. The van der Waals surface area contributed by atoms with Gasteiger partial charge in [0, 0.05) is 0 Å². The van der Waals surface area contributed by atoms with E-state index in [9.17, 15) is 0 Å². The largest absolute Gasteiger partial charge is 0.497 e. The molecule has 0 amide bonds. The quantitative estimate of drug-likeness (QED) is 0.862. The predicted molar refractivity (Wildman–Crippen MR) is 73.1 cm³/mol. The molecule has 0 saturated carbocycles. The Kier molecular flexibility index (Phi) is 4.54. The van der Waals surface area contributed by atoms with Crippen LogP contribution in [0.4, 0.5) is 5.95 Å². The molecule has 7 heteroatoms. The van der Waals surface area contributed by atoms with Crippen LogP contribution in [-0.4, -0.2) is 28.7 Å². The molecule has 0 saturated heterocycles. The van der Waals surface area contributed by atoms with Crippen LogP contribution in [0.25, 0.3) is 0 Å². The number of ether oxygens (including phenoxy) is 3. The lowest BCUT2D eigenvalue weighted by molar-refractivity contribution is 0.285. The van der Waals surface area contributed by atoms with Gasteiger partial charge in [0.1, 0.15) is 11.5 Å². The maximum atomic E-state index is 5.59. The van der Waals surface area contributed by atoms with E-state index in [-0.39, 0.29) is 18.0 Å². The monoisotopic (exact) mass is 276 g/mol. The first-order chi connectivity index (χ1) is 9.71. The minimum absolute atomic E-state index is 0.0506. The van der Waals surface area contributed by atoms with Crippen molar-refractivity contribution in [2.45, 2.75) is 13.3 Å². The van der Waals surface area contributed by atoms with Crippen LogP contribution in [0.1, 0.15) is 13.3 Å². The van der Waals surface area contributed by atoms with Gasteiger partial charge in [0.2, 0.25) is 5.95 Å². The summed E-state index contributed by atoms with van der Waals surface area (Å²) >= 11 is 0. The normalized spacial score (nSPS) is 10.1. The Morgan fingerprint density at radius 1 is 1.00 bits per heavy atom. The number of methoxy groups -OCH3 is 1. The highest BCUT2D eigenvalue weighted by molar-refractivity contribution is 5.33. The summed E-state index contributed by atoms with van der Waals surface area (Å²) in [5.41, 5.74) is 5.59. The standard InChI is InChI=1S/C13H16N4O3/c1-3-8-19-12-15-11(14)16-13(17-12)20-10-6-4-9(18-2)5-7-10/h4-7H,3,8H2,1-2H3,(H2,14,15,16,17). The first-order valence-electron chi connectivity index (χ1n) is 6.17. The van der Waals surface area contributed by atoms with Crippen LogP contribution >= 0.6 is 0 Å². The zero-order valence-corrected chi connectivity index (χ0v) is 11.4. The predicted octanol–water partition coefficient (Wildman–Crippen LogP) is 2.04. The molecule has 2 aromatic rings. The highest BCUT2D eigenvalue weighted by atomic mass is 16.5. The molecule has 0 spiro atoms. The molecule has 0 bridgehead atoms. The van der Waals surface area contributed by atoms with Crippen molar-refractivity contribution in [1.29, 1.82) is 0 Å². The molecule has 1 aromatic heterocycles. The Labute approximate surface area is 116 Å². The lowest BCUT2D eigenvalue weighted by atomic mass is 10.3. The van der Waals surface area contributed by atoms with Crippen LogP contribution in [0.15, 0.2) is 24.3 Å². The number of rotatable bonds is 6. The van der Waals surface area contributed by atoms with Gasteiger partial charge >= 0.3 is 12.0 Å². The highest BCUT2D eigenvalue weighted by Crippen LogP contribution is 2.22. The average molecular weight is 276 g/mol. The third kappa shape index (κ3) is 3.71. The summed E-state index contributed by atoms with van der Waals surface area (Å²) in [6.45, 7) is 2.49. The van der Waals surface area contributed by atoms with Gasteiger partial charge in [-0.2, -0.15) is 9.97 Å². The Hall–Kier alpha value is -2.57. The lowest BCUT2D eigenvalue weighted by Crippen LogP contribution is -2.05. The number of nitrogens with zero attached hydrogens (tertiary/aromatic N) is 3. The molecule has 2 N–H and O–H groups in total. The lowest BCUT2D eigenvalue weighted by Gasteiger charge is -2.07. The molecule has 0 atom stereocenters. The van der Waals surface area contributed by atoms with Gasteiger partial charge in [0.05, 0.1) is 13.7 Å². The van der Waals surface area contributed by atoms with Gasteiger partial charge in [0.15, 0.2) is 0 Å². The molecule has 0 fully saturated rings. The van der Waals surface area contributed by atoms with E-state index in [4.69, 9.17) is 19.9 Å². The van der Waals surface area contributed by atoms with Crippen molar-refractivity contribution in [3.05, 3.63) is 24.3 Å². The van der Waals surface area contributed by atoms with E-state index in [1.54, 1.807) is 31.4 Å². The van der Waals surface area contributed by atoms with Crippen LogP contribution in [0.5, 0.6) is 23.5 Å². The van der Waals surface area contributed by atoms with Crippen molar-refractivity contribution in [2.24, 2.45) is 0 Å². The summed E-state index contributed by atoms with van der Waals surface area (Å²) in [5, 5.41) is 0. The van der Waals surface area contributed by atoms with Gasteiger partial charge in [-0.3, -0.25) is 0 Å². The maximum Gasteiger partial charge on any atom is 0.330 e. The molecule has 7 nitrogen and oxygen atoms in total. The number of benzene rings is 1. The van der Waals surface area contributed by atoms with Gasteiger partial charge in [-0.15, -0.1) is 4.98 Å². The summed E-state index contributed by atoms with van der Waals surface area (Å²) < 4.78 is 15.9.